The normalized spacial score (nSPS) is 35.4. The van der Waals surface area contributed by atoms with Gasteiger partial charge in [0, 0.05) is 0 Å². The van der Waals surface area contributed by atoms with Crippen molar-refractivity contribution >= 4 is 0 Å². The van der Waals surface area contributed by atoms with Gasteiger partial charge >= 0.3 is 107 Å². The largest absolute Gasteiger partial charge is 0.460 e. The SMILES string of the molecule is OC(F)(C(F)(F)OC12C(F)(F)C3(F)C(F)(F)C(F)(C1(F)F)C(F)(F)C(OC(F)(F)C(O)(F)C(F)(F)C(F)(F)C(F)(F)F)(C3(F)F)C2(F)F)C(F)(F)C(F)(F)C(F)(F)F. The lowest BCUT2D eigenvalue weighted by molar-refractivity contribution is -0.660. The van der Waals surface area contributed by atoms with Crippen LogP contribution < -0.4 is 0 Å². The highest BCUT2D eigenvalue weighted by Gasteiger charge is 3.24. The molecule has 4 nitrogen and oxygen atoms in total. The monoisotopic (exact) mass is 952 g/mol. The predicted molar refractivity (Wildman–Crippen MR) is 98.9 cm³/mol. The van der Waals surface area contributed by atoms with Crippen molar-refractivity contribution in [2.75, 3.05) is 0 Å². The molecule has 0 aromatic carbocycles. The Hall–Kier alpha value is -2.54. The molecule has 2 unspecified atom stereocenters. The molecule has 0 heterocycles. The molecule has 58 heavy (non-hydrogen) atoms. The molecule has 0 aromatic heterocycles. The summed E-state index contributed by atoms with van der Waals surface area (Å²) in [5.41, 5.74) is -39.0. The lowest BCUT2D eigenvalue weighted by Crippen LogP contribution is -3.11. The highest BCUT2D eigenvalue weighted by Crippen LogP contribution is 2.89. The van der Waals surface area contributed by atoms with E-state index in [4.69, 9.17) is 10.2 Å². The van der Waals surface area contributed by atoms with Crippen LogP contribution in [0.1, 0.15) is 0 Å². The number of aliphatic hydroxyl groups is 2. The van der Waals surface area contributed by atoms with Crippen molar-refractivity contribution < 1.29 is 169 Å². The van der Waals surface area contributed by atoms with E-state index in [0.717, 1.165) is 9.47 Å². The van der Waals surface area contributed by atoms with Gasteiger partial charge in [0.1, 0.15) is 0 Å². The van der Waals surface area contributed by atoms with E-state index in [1.807, 2.05) is 0 Å². The van der Waals surface area contributed by atoms with E-state index in [2.05, 4.69) is 0 Å². The minimum atomic E-state index is -10.1. The van der Waals surface area contributed by atoms with Gasteiger partial charge in [-0.3, -0.25) is 9.47 Å². The summed E-state index contributed by atoms with van der Waals surface area (Å²) in [5, 5.41) is 17.2. The zero-order chi connectivity index (χ0) is 47.4. The third kappa shape index (κ3) is 4.10. The molecule has 344 valence electrons. The summed E-state index contributed by atoms with van der Waals surface area (Å²) in [7, 11) is 0. The van der Waals surface area contributed by atoms with E-state index in [-0.39, 0.29) is 0 Å². The predicted octanol–water partition coefficient (Wildman–Crippen LogP) is 8.93. The van der Waals surface area contributed by atoms with Crippen molar-refractivity contribution in [2.24, 2.45) is 0 Å². The first kappa shape index (κ1) is 49.8. The molecular weight excluding hydrogens is 950 g/mol. The van der Waals surface area contributed by atoms with Crippen molar-refractivity contribution in [1.82, 2.24) is 0 Å². The minimum absolute atomic E-state index is 1.08. The smallest absolute Gasteiger partial charge is 0.350 e. The Bertz CT molecular complexity index is 1530. The maximum Gasteiger partial charge on any atom is 0.460 e. The molecule has 2 atom stereocenters. The fourth-order valence-electron chi connectivity index (χ4n) is 5.86. The number of hydrogen-bond donors (Lipinski definition) is 2. The lowest BCUT2D eigenvalue weighted by atomic mass is 9.39. The van der Waals surface area contributed by atoms with Crippen LogP contribution in [0.3, 0.4) is 0 Å². The first-order chi connectivity index (χ1) is 24.4. The molecule has 4 rings (SSSR count). The molecule has 2 N–H and O–H groups in total. The molecular formula is C20H2F34O4. The molecule has 4 bridgehead atoms. The minimum Gasteiger partial charge on any atom is -0.350 e. The van der Waals surface area contributed by atoms with Crippen molar-refractivity contribution in [1.29, 1.82) is 0 Å². The molecule has 38 heteroatoms. The molecule has 4 aliphatic carbocycles. The third-order valence-corrected chi connectivity index (χ3v) is 8.92. The number of halogens is 34. The summed E-state index contributed by atoms with van der Waals surface area (Å²) in [6.45, 7) is 0. The first-order valence-electron chi connectivity index (χ1n) is 12.7. The molecule has 0 radical (unpaired) electrons. The lowest BCUT2D eigenvalue weighted by Gasteiger charge is -2.76. The van der Waals surface area contributed by atoms with Gasteiger partial charge in [0.2, 0.25) is 0 Å². The fraction of sp³-hybridized carbons (Fsp3) is 1.00. The van der Waals surface area contributed by atoms with Gasteiger partial charge < -0.3 is 10.2 Å². The third-order valence-electron chi connectivity index (χ3n) is 8.92. The van der Waals surface area contributed by atoms with Crippen LogP contribution in [0.15, 0.2) is 0 Å². The van der Waals surface area contributed by atoms with E-state index in [1.165, 1.54) is 0 Å². The molecule has 4 aliphatic rings. The van der Waals surface area contributed by atoms with Crippen molar-refractivity contribution in [3.05, 3.63) is 0 Å². The van der Waals surface area contributed by atoms with Gasteiger partial charge in [-0.15, -0.1) is 0 Å². The summed E-state index contributed by atoms with van der Waals surface area (Å²) in [4.78, 5) is 0. The molecule has 0 aromatic rings. The average Bonchev–Trinajstić information content (AvgIpc) is 2.96. The Kier molecular flexibility index (Phi) is 9.37. The highest BCUT2D eigenvalue weighted by molar-refractivity contribution is 5.55. The van der Waals surface area contributed by atoms with Gasteiger partial charge in [-0.05, 0) is 0 Å². The molecule has 4 fully saturated rings. The number of alkyl halides is 34. The van der Waals surface area contributed by atoms with Crippen molar-refractivity contribution in [3.63, 3.8) is 0 Å². The summed E-state index contributed by atoms with van der Waals surface area (Å²) >= 11 is 0. The number of rotatable bonds is 10. The first-order valence-corrected chi connectivity index (χ1v) is 12.7. The number of ether oxygens (including phenoxy) is 2. The molecule has 0 aliphatic heterocycles. The van der Waals surface area contributed by atoms with Gasteiger partial charge in [-0.2, -0.15) is 140 Å². The second-order valence-electron chi connectivity index (χ2n) is 11.9. The summed E-state index contributed by atoms with van der Waals surface area (Å²) in [5.74, 6) is -113. The summed E-state index contributed by atoms with van der Waals surface area (Å²) in [6, 6.07) is 0. The molecule has 0 saturated heterocycles. The van der Waals surface area contributed by atoms with E-state index >= 15 is 52.7 Å². The molecule has 0 amide bonds. The Labute approximate surface area is 288 Å². The van der Waals surface area contributed by atoms with Crippen LogP contribution in [0.4, 0.5) is 149 Å². The van der Waals surface area contributed by atoms with Crippen LogP contribution in [0.5, 0.6) is 0 Å². The van der Waals surface area contributed by atoms with Crippen LogP contribution in [0.2, 0.25) is 0 Å². The highest BCUT2D eigenvalue weighted by atomic mass is 19.4. The van der Waals surface area contributed by atoms with Crippen molar-refractivity contribution in [3.8, 4) is 0 Å². The van der Waals surface area contributed by atoms with Gasteiger partial charge in [0.15, 0.2) is 0 Å². The topological polar surface area (TPSA) is 58.9 Å². The van der Waals surface area contributed by atoms with Gasteiger partial charge in [0.25, 0.3) is 11.2 Å². The van der Waals surface area contributed by atoms with Gasteiger partial charge in [-0.25, -0.2) is 8.78 Å². The van der Waals surface area contributed by atoms with Crippen LogP contribution in [0.25, 0.3) is 0 Å². The number of hydrogen-bond acceptors (Lipinski definition) is 4. The zero-order valence-electron chi connectivity index (χ0n) is 24.6. The van der Waals surface area contributed by atoms with Gasteiger partial charge in [0.05, 0.1) is 0 Å². The molecule has 4 saturated carbocycles. The van der Waals surface area contributed by atoms with Crippen molar-refractivity contribution in [2.45, 2.75) is 118 Å². The van der Waals surface area contributed by atoms with Crippen LogP contribution in [-0.4, -0.2) is 128 Å². The maximum atomic E-state index is 15.8. The Balaban J connectivity index is 2.70. The van der Waals surface area contributed by atoms with Gasteiger partial charge in [-0.1, -0.05) is 0 Å². The maximum absolute atomic E-state index is 15.8. The average molecular weight is 952 g/mol. The van der Waals surface area contributed by atoms with E-state index < -0.39 is 118 Å². The Morgan fingerprint density at radius 2 is 0.466 bits per heavy atom. The zero-order valence-corrected chi connectivity index (χ0v) is 24.6. The van der Waals surface area contributed by atoms with Crippen LogP contribution >= 0.6 is 0 Å². The quantitative estimate of drug-likeness (QED) is 0.215. The summed E-state index contributed by atoms with van der Waals surface area (Å²) < 4.78 is 487. The summed E-state index contributed by atoms with van der Waals surface area (Å²) in [6.07, 6.45) is -35.9. The van der Waals surface area contributed by atoms with E-state index in [1.54, 1.807) is 0 Å². The Morgan fingerprint density at radius 1 is 0.276 bits per heavy atom. The van der Waals surface area contributed by atoms with Crippen LogP contribution in [-0.2, 0) is 9.47 Å². The second kappa shape index (κ2) is 10.9. The molecule has 0 spiro atoms. The van der Waals surface area contributed by atoms with Crippen LogP contribution in [0, 0.1) is 0 Å². The van der Waals surface area contributed by atoms with E-state index in [9.17, 15) is 96.6 Å². The Morgan fingerprint density at radius 3 is 0.638 bits per heavy atom. The van der Waals surface area contributed by atoms with E-state index in [0.29, 0.717) is 0 Å². The second-order valence-corrected chi connectivity index (χ2v) is 11.9. The standard InChI is InChI=1S/C20H2F34O4/c21-1-5(23,24)2(22)8(29,30)3(6(1,25)26,57-19(51,52)15(43,55)11(35,36)13(39,40)17(45,46)47)10(33,34)4(7(1,27)28,9(2,31)32)58-20(53,54)16(44,56)12(37,38)14(41,42)18(48,49)50/h55-56H. The fourth-order valence-corrected chi connectivity index (χ4v) is 5.86.